The van der Waals surface area contributed by atoms with E-state index in [0.29, 0.717) is 6.54 Å². The van der Waals surface area contributed by atoms with E-state index in [1.165, 1.54) is 0 Å². The molecule has 0 unspecified atom stereocenters. The number of aromatic nitrogens is 2. The van der Waals surface area contributed by atoms with Crippen LogP contribution in [0.3, 0.4) is 0 Å². The monoisotopic (exact) mass is 383 g/mol. The zero-order valence-electron chi connectivity index (χ0n) is 15.0. The first-order chi connectivity index (χ1) is 13.0. The summed E-state index contributed by atoms with van der Waals surface area (Å²) in [6, 6.07) is 14.3. The van der Waals surface area contributed by atoms with E-state index in [1.54, 1.807) is 43.7 Å². The largest absolute Gasteiger partial charge is 0.352 e. The summed E-state index contributed by atoms with van der Waals surface area (Å²) in [6.07, 6.45) is 5.53. The lowest BCUT2D eigenvalue weighted by molar-refractivity contribution is -0.120. The second kappa shape index (κ2) is 8.18. The molecule has 1 heterocycles. The first-order valence-corrected chi connectivity index (χ1v) is 10.3. The molecule has 0 radical (unpaired) electrons. The van der Waals surface area contributed by atoms with E-state index in [0.717, 1.165) is 16.8 Å². The van der Waals surface area contributed by atoms with E-state index < -0.39 is 9.84 Å². The molecule has 140 valence electrons. The molecule has 7 heteroatoms. The maximum Gasteiger partial charge on any atom is 0.224 e. The number of imidazole rings is 1. The lowest BCUT2D eigenvalue weighted by Gasteiger charge is -2.08. The van der Waals surface area contributed by atoms with E-state index in [-0.39, 0.29) is 23.0 Å². The Morgan fingerprint density at radius 2 is 1.70 bits per heavy atom. The van der Waals surface area contributed by atoms with Gasteiger partial charge in [0.05, 0.1) is 23.4 Å². The number of nitrogens with one attached hydrogen (secondary N) is 1. The molecule has 0 saturated carbocycles. The number of nitrogens with zero attached hydrogens (tertiary/aromatic N) is 2. The zero-order chi connectivity index (χ0) is 19.3. The third-order valence-electron chi connectivity index (χ3n) is 4.26. The van der Waals surface area contributed by atoms with Gasteiger partial charge in [-0.15, -0.1) is 0 Å². The van der Waals surface area contributed by atoms with E-state index in [2.05, 4.69) is 10.3 Å². The average molecular weight is 383 g/mol. The van der Waals surface area contributed by atoms with Gasteiger partial charge in [-0.3, -0.25) is 4.79 Å². The van der Waals surface area contributed by atoms with Gasteiger partial charge in [0.15, 0.2) is 9.84 Å². The fourth-order valence-electron chi connectivity index (χ4n) is 2.63. The molecule has 0 spiro atoms. The molecule has 0 atom stereocenters. The fourth-order valence-corrected chi connectivity index (χ4v) is 3.51. The zero-order valence-corrected chi connectivity index (χ0v) is 15.8. The molecule has 0 bridgehead atoms. The Kier molecular flexibility index (Phi) is 5.71. The Bertz CT molecular complexity index is 994. The highest BCUT2D eigenvalue weighted by atomic mass is 32.2. The third-order valence-corrected chi connectivity index (χ3v) is 6.01. The van der Waals surface area contributed by atoms with E-state index in [4.69, 9.17) is 0 Å². The number of amides is 1. The average Bonchev–Trinajstić information content (AvgIpc) is 3.22. The molecule has 1 aromatic heterocycles. The molecule has 0 fully saturated rings. The highest BCUT2D eigenvalue weighted by Crippen LogP contribution is 2.13. The second-order valence-corrected chi connectivity index (χ2v) is 8.42. The van der Waals surface area contributed by atoms with Gasteiger partial charge >= 0.3 is 0 Å². The molecule has 27 heavy (non-hydrogen) atoms. The van der Waals surface area contributed by atoms with Gasteiger partial charge in [0, 0.05) is 24.6 Å². The van der Waals surface area contributed by atoms with Crippen molar-refractivity contribution in [2.45, 2.75) is 24.8 Å². The maximum atomic E-state index is 12.1. The van der Waals surface area contributed by atoms with E-state index in [9.17, 15) is 13.2 Å². The molecule has 3 rings (SSSR count). The molecular weight excluding hydrogens is 362 g/mol. The lowest BCUT2D eigenvalue weighted by Crippen LogP contribution is -2.24. The minimum absolute atomic E-state index is 0.0620. The highest BCUT2D eigenvalue weighted by molar-refractivity contribution is 7.91. The predicted octanol–water partition coefficient (Wildman–Crippen LogP) is 2.52. The van der Waals surface area contributed by atoms with Gasteiger partial charge in [0.2, 0.25) is 5.91 Å². The standard InChI is InChI=1S/C20H21N3O3S/c1-2-27(25,26)19-9-5-16(6-10-19)13-20(24)22-14-17-3-7-18(8-4-17)23-12-11-21-15-23/h3-12,15H,2,13-14H2,1H3,(H,22,24). The van der Waals surface area contributed by atoms with Gasteiger partial charge in [-0.05, 0) is 35.4 Å². The number of rotatable bonds is 7. The summed E-state index contributed by atoms with van der Waals surface area (Å²) in [7, 11) is -3.22. The van der Waals surface area contributed by atoms with Gasteiger partial charge in [0.1, 0.15) is 0 Å². The van der Waals surface area contributed by atoms with Crippen LogP contribution in [0.1, 0.15) is 18.1 Å². The summed E-state index contributed by atoms with van der Waals surface area (Å²) < 4.78 is 25.5. The summed E-state index contributed by atoms with van der Waals surface area (Å²) in [4.78, 5) is 16.4. The van der Waals surface area contributed by atoms with Crippen LogP contribution in [0.15, 0.2) is 72.1 Å². The molecule has 0 aliphatic heterocycles. The summed E-state index contributed by atoms with van der Waals surface area (Å²) in [6.45, 7) is 2.05. The Labute approximate surface area is 158 Å². The number of carbonyl (C=O) groups is 1. The summed E-state index contributed by atoms with van der Waals surface area (Å²) in [5.41, 5.74) is 2.78. The molecule has 6 nitrogen and oxygen atoms in total. The molecule has 3 aromatic rings. The molecule has 1 amide bonds. The predicted molar refractivity (Wildman–Crippen MR) is 103 cm³/mol. The highest BCUT2D eigenvalue weighted by Gasteiger charge is 2.11. The van der Waals surface area contributed by atoms with Crippen LogP contribution in [-0.4, -0.2) is 29.6 Å². The molecule has 0 saturated heterocycles. The van der Waals surface area contributed by atoms with Crippen LogP contribution < -0.4 is 5.32 Å². The second-order valence-electron chi connectivity index (χ2n) is 6.14. The molecule has 2 aromatic carbocycles. The number of carbonyl (C=O) groups excluding carboxylic acids is 1. The van der Waals surface area contributed by atoms with Crippen molar-refractivity contribution in [2.24, 2.45) is 0 Å². The molecule has 0 aliphatic carbocycles. The Morgan fingerprint density at radius 1 is 1.04 bits per heavy atom. The third kappa shape index (κ3) is 4.83. The normalized spacial score (nSPS) is 11.3. The summed E-state index contributed by atoms with van der Waals surface area (Å²) in [5, 5.41) is 2.88. The van der Waals surface area contributed by atoms with Crippen molar-refractivity contribution in [3.63, 3.8) is 0 Å². The molecule has 1 N–H and O–H groups in total. The van der Waals surface area contributed by atoms with Crippen LogP contribution in [0.5, 0.6) is 0 Å². The number of sulfone groups is 1. The van der Waals surface area contributed by atoms with Gasteiger partial charge in [0.25, 0.3) is 0 Å². The van der Waals surface area contributed by atoms with Crippen molar-refractivity contribution in [3.05, 3.63) is 78.4 Å². The Morgan fingerprint density at radius 3 is 2.30 bits per heavy atom. The Hall–Kier alpha value is -2.93. The number of hydrogen-bond acceptors (Lipinski definition) is 4. The van der Waals surface area contributed by atoms with Crippen LogP contribution in [-0.2, 0) is 27.6 Å². The van der Waals surface area contributed by atoms with E-state index >= 15 is 0 Å². The fraction of sp³-hybridized carbons (Fsp3) is 0.200. The molecule has 0 aliphatic rings. The van der Waals surface area contributed by atoms with Gasteiger partial charge < -0.3 is 9.88 Å². The van der Waals surface area contributed by atoms with Gasteiger partial charge in [-0.25, -0.2) is 13.4 Å². The minimum Gasteiger partial charge on any atom is -0.352 e. The SMILES string of the molecule is CCS(=O)(=O)c1ccc(CC(=O)NCc2ccc(-n3ccnc3)cc2)cc1. The number of hydrogen-bond donors (Lipinski definition) is 1. The van der Waals surface area contributed by atoms with Crippen molar-refractivity contribution in [2.75, 3.05) is 5.75 Å². The quantitative estimate of drug-likeness (QED) is 0.680. The van der Waals surface area contributed by atoms with Crippen LogP contribution in [0.25, 0.3) is 5.69 Å². The first kappa shape index (κ1) is 18.8. The van der Waals surface area contributed by atoms with Crippen LogP contribution in [0.2, 0.25) is 0 Å². The Balaban J connectivity index is 1.54. The first-order valence-electron chi connectivity index (χ1n) is 8.63. The molecular formula is C20H21N3O3S. The van der Waals surface area contributed by atoms with Gasteiger partial charge in [-0.2, -0.15) is 0 Å². The van der Waals surface area contributed by atoms with Crippen molar-refractivity contribution in [3.8, 4) is 5.69 Å². The maximum absolute atomic E-state index is 12.1. The summed E-state index contributed by atoms with van der Waals surface area (Å²) >= 11 is 0. The van der Waals surface area contributed by atoms with E-state index in [1.807, 2.05) is 35.0 Å². The minimum atomic E-state index is -3.22. The van der Waals surface area contributed by atoms with Gasteiger partial charge in [-0.1, -0.05) is 31.2 Å². The smallest absolute Gasteiger partial charge is 0.224 e. The lowest BCUT2D eigenvalue weighted by atomic mass is 10.1. The van der Waals surface area contributed by atoms with Crippen LogP contribution in [0.4, 0.5) is 0 Å². The summed E-state index contributed by atoms with van der Waals surface area (Å²) in [5.74, 6) is -0.0493. The van der Waals surface area contributed by atoms with Crippen molar-refractivity contribution < 1.29 is 13.2 Å². The van der Waals surface area contributed by atoms with Crippen molar-refractivity contribution >= 4 is 15.7 Å². The van der Waals surface area contributed by atoms with Crippen LogP contribution >= 0.6 is 0 Å². The number of benzene rings is 2. The van der Waals surface area contributed by atoms with Crippen LogP contribution in [0, 0.1) is 0 Å². The van der Waals surface area contributed by atoms with Crippen molar-refractivity contribution in [1.82, 2.24) is 14.9 Å². The topological polar surface area (TPSA) is 81.1 Å². The van der Waals surface area contributed by atoms with Crippen molar-refractivity contribution in [1.29, 1.82) is 0 Å².